The standard InChI is InChI=1S/C12H16N2OS/c1-12(2,15)8-14-10-5-4-6-11(16-3)9(10)7-13/h4-6,14-15H,8H2,1-3H3. The number of benzene rings is 1. The molecule has 0 saturated carbocycles. The van der Waals surface area contributed by atoms with Crippen LogP contribution in [-0.2, 0) is 0 Å². The van der Waals surface area contributed by atoms with Gasteiger partial charge in [-0.1, -0.05) is 6.07 Å². The number of nitrogens with zero attached hydrogens (tertiary/aromatic N) is 1. The van der Waals surface area contributed by atoms with Crippen molar-refractivity contribution >= 4 is 17.4 Å². The first-order valence-corrected chi connectivity index (χ1v) is 6.24. The van der Waals surface area contributed by atoms with Crippen LogP contribution in [0, 0.1) is 11.3 Å². The summed E-state index contributed by atoms with van der Waals surface area (Å²) in [5, 5.41) is 21.8. The molecule has 0 fully saturated rings. The Hall–Kier alpha value is -1.18. The molecule has 0 unspecified atom stereocenters. The van der Waals surface area contributed by atoms with Crippen molar-refractivity contribution in [3.05, 3.63) is 23.8 Å². The van der Waals surface area contributed by atoms with Gasteiger partial charge in [-0.05, 0) is 32.2 Å². The molecular formula is C12H16N2OS. The van der Waals surface area contributed by atoms with Crippen LogP contribution in [0.1, 0.15) is 19.4 Å². The molecule has 0 bridgehead atoms. The van der Waals surface area contributed by atoms with Crippen LogP contribution >= 0.6 is 11.8 Å². The van der Waals surface area contributed by atoms with E-state index in [2.05, 4.69) is 11.4 Å². The van der Waals surface area contributed by atoms with Crippen LogP contribution in [0.2, 0.25) is 0 Å². The van der Waals surface area contributed by atoms with Gasteiger partial charge in [-0.2, -0.15) is 5.26 Å². The van der Waals surface area contributed by atoms with Crippen molar-refractivity contribution < 1.29 is 5.11 Å². The van der Waals surface area contributed by atoms with E-state index < -0.39 is 5.60 Å². The predicted octanol–water partition coefficient (Wildman–Crippen LogP) is 2.46. The van der Waals surface area contributed by atoms with Gasteiger partial charge in [-0.15, -0.1) is 11.8 Å². The molecule has 0 heterocycles. The summed E-state index contributed by atoms with van der Waals surface area (Å²) in [7, 11) is 0. The van der Waals surface area contributed by atoms with Crippen LogP contribution in [0.5, 0.6) is 0 Å². The number of thioether (sulfide) groups is 1. The SMILES string of the molecule is CSc1cccc(NCC(C)(C)O)c1C#N. The van der Waals surface area contributed by atoms with Gasteiger partial charge >= 0.3 is 0 Å². The zero-order chi connectivity index (χ0) is 12.2. The third-order valence-corrected chi connectivity index (χ3v) is 2.85. The van der Waals surface area contributed by atoms with Crippen molar-refractivity contribution in [3.8, 4) is 6.07 Å². The fourth-order valence-electron chi connectivity index (χ4n) is 1.28. The van der Waals surface area contributed by atoms with E-state index in [1.54, 1.807) is 25.6 Å². The van der Waals surface area contributed by atoms with E-state index >= 15 is 0 Å². The van der Waals surface area contributed by atoms with Gasteiger partial charge in [0.1, 0.15) is 6.07 Å². The number of rotatable bonds is 4. The Morgan fingerprint density at radius 1 is 1.50 bits per heavy atom. The molecule has 0 aliphatic rings. The summed E-state index contributed by atoms with van der Waals surface area (Å²) in [4.78, 5) is 0.947. The van der Waals surface area contributed by atoms with Gasteiger partial charge in [-0.3, -0.25) is 0 Å². The van der Waals surface area contributed by atoms with Crippen LogP contribution in [0.25, 0.3) is 0 Å². The first-order valence-electron chi connectivity index (χ1n) is 5.01. The zero-order valence-corrected chi connectivity index (χ0v) is 10.6. The second-order valence-corrected chi connectivity index (χ2v) is 5.01. The van der Waals surface area contributed by atoms with E-state index in [1.807, 2.05) is 24.5 Å². The summed E-state index contributed by atoms with van der Waals surface area (Å²) in [5.74, 6) is 0. The largest absolute Gasteiger partial charge is 0.389 e. The van der Waals surface area contributed by atoms with Crippen molar-refractivity contribution in [2.24, 2.45) is 0 Å². The molecule has 16 heavy (non-hydrogen) atoms. The maximum atomic E-state index is 9.62. The summed E-state index contributed by atoms with van der Waals surface area (Å²) in [6.45, 7) is 3.87. The lowest BCUT2D eigenvalue weighted by Crippen LogP contribution is -2.29. The summed E-state index contributed by atoms with van der Waals surface area (Å²) >= 11 is 1.54. The number of hydrogen-bond donors (Lipinski definition) is 2. The Morgan fingerprint density at radius 3 is 2.69 bits per heavy atom. The van der Waals surface area contributed by atoms with E-state index in [0.717, 1.165) is 10.6 Å². The molecule has 4 heteroatoms. The number of nitriles is 1. The lowest BCUT2D eigenvalue weighted by Gasteiger charge is -2.19. The number of anilines is 1. The molecule has 0 saturated heterocycles. The number of hydrogen-bond acceptors (Lipinski definition) is 4. The highest BCUT2D eigenvalue weighted by Crippen LogP contribution is 2.26. The molecule has 1 aromatic carbocycles. The number of nitrogens with one attached hydrogen (secondary N) is 1. The Balaban J connectivity index is 2.93. The molecule has 1 aromatic rings. The average molecular weight is 236 g/mol. The van der Waals surface area contributed by atoms with Gasteiger partial charge in [-0.25, -0.2) is 0 Å². The third-order valence-electron chi connectivity index (χ3n) is 2.07. The molecule has 0 amide bonds. The van der Waals surface area contributed by atoms with Gasteiger partial charge in [0.05, 0.1) is 16.9 Å². The highest BCUT2D eigenvalue weighted by Gasteiger charge is 2.13. The van der Waals surface area contributed by atoms with Crippen molar-refractivity contribution in [2.75, 3.05) is 18.1 Å². The van der Waals surface area contributed by atoms with E-state index in [4.69, 9.17) is 5.26 Å². The van der Waals surface area contributed by atoms with E-state index in [9.17, 15) is 5.11 Å². The Bertz CT molecular complexity index is 404. The topological polar surface area (TPSA) is 56.0 Å². The second-order valence-electron chi connectivity index (χ2n) is 4.16. The second kappa shape index (κ2) is 5.24. The van der Waals surface area contributed by atoms with Gasteiger partial charge in [0.2, 0.25) is 0 Å². The summed E-state index contributed by atoms with van der Waals surface area (Å²) in [6, 6.07) is 7.85. The molecule has 0 atom stereocenters. The Kier molecular flexibility index (Phi) is 4.22. The quantitative estimate of drug-likeness (QED) is 0.788. The van der Waals surface area contributed by atoms with Crippen LogP contribution in [-0.4, -0.2) is 23.5 Å². The molecule has 0 spiro atoms. The van der Waals surface area contributed by atoms with E-state index in [0.29, 0.717) is 12.1 Å². The fourth-order valence-corrected chi connectivity index (χ4v) is 1.85. The zero-order valence-electron chi connectivity index (χ0n) is 9.74. The van der Waals surface area contributed by atoms with E-state index in [-0.39, 0.29) is 0 Å². The smallest absolute Gasteiger partial charge is 0.102 e. The van der Waals surface area contributed by atoms with Crippen molar-refractivity contribution in [1.82, 2.24) is 0 Å². The van der Waals surface area contributed by atoms with Crippen LogP contribution in [0.4, 0.5) is 5.69 Å². The molecule has 0 aromatic heterocycles. The highest BCUT2D eigenvalue weighted by atomic mass is 32.2. The minimum absolute atomic E-state index is 0.416. The van der Waals surface area contributed by atoms with Crippen molar-refractivity contribution in [3.63, 3.8) is 0 Å². The first-order chi connectivity index (χ1) is 7.48. The molecular weight excluding hydrogens is 220 g/mol. The van der Waals surface area contributed by atoms with Gasteiger partial charge in [0.25, 0.3) is 0 Å². The minimum Gasteiger partial charge on any atom is -0.389 e. The van der Waals surface area contributed by atoms with Crippen LogP contribution in [0.15, 0.2) is 23.1 Å². The van der Waals surface area contributed by atoms with Gasteiger partial charge < -0.3 is 10.4 Å². The molecule has 0 radical (unpaired) electrons. The van der Waals surface area contributed by atoms with Gasteiger partial charge in [0, 0.05) is 11.4 Å². The fraction of sp³-hybridized carbons (Fsp3) is 0.417. The molecule has 0 aliphatic heterocycles. The number of aliphatic hydroxyl groups is 1. The van der Waals surface area contributed by atoms with Crippen molar-refractivity contribution in [1.29, 1.82) is 5.26 Å². The molecule has 2 N–H and O–H groups in total. The molecule has 1 rings (SSSR count). The molecule has 0 aliphatic carbocycles. The third kappa shape index (κ3) is 3.44. The van der Waals surface area contributed by atoms with Crippen LogP contribution < -0.4 is 5.32 Å². The Labute approximate surface area is 100 Å². The Morgan fingerprint density at radius 2 is 2.19 bits per heavy atom. The van der Waals surface area contributed by atoms with Crippen LogP contribution in [0.3, 0.4) is 0 Å². The predicted molar refractivity (Wildman–Crippen MR) is 67.7 cm³/mol. The summed E-state index contributed by atoms with van der Waals surface area (Å²) in [5.41, 5.74) is 0.623. The monoisotopic (exact) mass is 236 g/mol. The first kappa shape index (κ1) is 12.9. The van der Waals surface area contributed by atoms with Crippen molar-refractivity contribution in [2.45, 2.75) is 24.3 Å². The molecule has 3 nitrogen and oxygen atoms in total. The average Bonchev–Trinajstić information content (AvgIpc) is 2.24. The summed E-state index contributed by atoms with van der Waals surface area (Å²) in [6.07, 6.45) is 1.94. The highest BCUT2D eigenvalue weighted by molar-refractivity contribution is 7.98. The maximum absolute atomic E-state index is 9.62. The maximum Gasteiger partial charge on any atom is 0.102 e. The molecule has 86 valence electrons. The van der Waals surface area contributed by atoms with Gasteiger partial charge in [0.15, 0.2) is 0 Å². The normalized spacial score (nSPS) is 10.9. The van der Waals surface area contributed by atoms with E-state index in [1.165, 1.54) is 0 Å². The summed E-state index contributed by atoms with van der Waals surface area (Å²) < 4.78 is 0. The minimum atomic E-state index is -0.790. The lowest BCUT2D eigenvalue weighted by molar-refractivity contribution is 0.0945. The lowest BCUT2D eigenvalue weighted by atomic mass is 10.1.